The molecule has 1 aromatic rings. The highest BCUT2D eigenvalue weighted by Crippen LogP contribution is 2.26. The number of nitrogens with zero attached hydrogens (tertiary/aromatic N) is 2. The minimum Gasteiger partial charge on any atom is -0.343 e. The number of aryl methyl sites for hydroxylation is 1. The summed E-state index contributed by atoms with van der Waals surface area (Å²) in [5.74, 6) is -0.136. The number of rotatable bonds is 3. The van der Waals surface area contributed by atoms with Gasteiger partial charge in [0.25, 0.3) is 0 Å². The summed E-state index contributed by atoms with van der Waals surface area (Å²) in [6.45, 7) is 6.45. The number of hydrogen-bond donors (Lipinski definition) is 0. The van der Waals surface area contributed by atoms with Gasteiger partial charge in [0.2, 0.25) is 11.8 Å². The second kappa shape index (κ2) is 5.65. The summed E-state index contributed by atoms with van der Waals surface area (Å²) in [4.78, 5) is 27.9. The SMILES string of the molecule is Cc1ccc(N2C[C@H](C(=O)N(C)C(C)C)CC2=O)cc1. The van der Waals surface area contributed by atoms with Gasteiger partial charge in [-0.25, -0.2) is 0 Å². The lowest BCUT2D eigenvalue weighted by Crippen LogP contribution is -2.38. The topological polar surface area (TPSA) is 40.6 Å². The molecule has 1 aromatic carbocycles. The Labute approximate surface area is 120 Å². The van der Waals surface area contributed by atoms with Crippen LogP contribution in [-0.4, -0.2) is 36.3 Å². The van der Waals surface area contributed by atoms with Crippen molar-refractivity contribution in [2.24, 2.45) is 5.92 Å². The van der Waals surface area contributed by atoms with Crippen LogP contribution in [0.3, 0.4) is 0 Å². The molecule has 0 spiro atoms. The zero-order valence-corrected chi connectivity index (χ0v) is 12.6. The fraction of sp³-hybridized carbons (Fsp3) is 0.500. The van der Waals surface area contributed by atoms with Crippen molar-refractivity contribution in [3.8, 4) is 0 Å². The maximum atomic E-state index is 12.3. The zero-order valence-electron chi connectivity index (χ0n) is 12.6. The van der Waals surface area contributed by atoms with Crippen LogP contribution in [0.4, 0.5) is 5.69 Å². The van der Waals surface area contributed by atoms with Crippen LogP contribution in [0.5, 0.6) is 0 Å². The summed E-state index contributed by atoms with van der Waals surface area (Å²) >= 11 is 0. The first-order valence-electron chi connectivity index (χ1n) is 7.04. The molecule has 4 heteroatoms. The molecule has 0 bridgehead atoms. The molecule has 20 heavy (non-hydrogen) atoms. The van der Waals surface area contributed by atoms with Gasteiger partial charge in [0.15, 0.2) is 0 Å². The molecule has 1 atom stereocenters. The van der Waals surface area contributed by atoms with Crippen LogP contribution in [0.2, 0.25) is 0 Å². The van der Waals surface area contributed by atoms with E-state index in [1.165, 1.54) is 0 Å². The van der Waals surface area contributed by atoms with E-state index in [9.17, 15) is 9.59 Å². The molecule has 1 aliphatic heterocycles. The van der Waals surface area contributed by atoms with Crippen molar-refractivity contribution in [2.45, 2.75) is 33.2 Å². The lowest BCUT2D eigenvalue weighted by atomic mass is 10.1. The van der Waals surface area contributed by atoms with E-state index in [1.807, 2.05) is 45.0 Å². The summed E-state index contributed by atoms with van der Waals surface area (Å²) in [5.41, 5.74) is 2.04. The quantitative estimate of drug-likeness (QED) is 0.848. The monoisotopic (exact) mass is 274 g/mol. The Hall–Kier alpha value is -1.84. The Morgan fingerprint density at radius 1 is 1.30 bits per heavy atom. The fourth-order valence-electron chi connectivity index (χ4n) is 2.39. The van der Waals surface area contributed by atoms with Gasteiger partial charge in [-0.05, 0) is 32.9 Å². The Bertz CT molecular complexity index is 508. The Morgan fingerprint density at radius 3 is 2.45 bits per heavy atom. The third-order valence-electron chi connectivity index (χ3n) is 3.94. The van der Waals surface area contributed by atoms with E-state index in [1.54, 1.807) is 16.8 Å². The van der Waals surface area contributed by atoms with Gasteiger partial charge in [-0.3, -0.25) is 9.59 Å². The van der Waals surface area contributed by atoms with Gasteiger partial charge in [-0.2, -0.15) is 0 Å². The summed E-state index contributed by atoms with van der Waals surface area (Å²) < 4.78 is 0. The van der Waals surface area contributed by atoms with Crippen LogP contribution in [0.1, 0.15) is 25.8 Å². The first kappa shape index (κ1) is 14.6. The molecule has 1 heterocycles. The largest absolute Gasteiger partial charge is 0.343 e. The van der Waals surface area contributed by atoms with Crippen LogP contribution in [0.25, 0.3) is 0 Å². The molecule has 4 nitrogen and oxygen atoms in total. The number of carbonyl (C=O) groups excluding carboxylic acids is 2. The van der Waals surface area contributed by atoms with Gasteiger partial charge in [0.05, 0.1) is 5.92 Å². The third kappa shape index (κ3) is 2.84. The summed E-state index contributed by atoms with van der Waals surface area (Å²) in [6, 6.07) is 8.00. The van der Waals surface area contributed by atoms with Gasteiger partial charge < -0.3 is 9.80 Å². The highest BCUT2D eigenvalue weighted by atomic mass is 16.2. The third-order valence-corrected chi connectivity index (χ3v) is 3.94. The van der Waals surface area contributed by atoms with Crippen molar-refractivity contribution >= 4 is 17.5 Å². The molecule has 0 saturated carbocycles. The van der Waals surface area contributed by atoms with E-state index < -0.39 is 0 Å². The van der Waals surface area contributed by atoms with Crippen LogP contribution >= 0.6 is 0 Å². The van der Waals surface area contributed by atoms with Gasteiger partial charge in [-0.1, -0.05) is 17.7 Å². The highest BCUT2D eigenvalue weighted by molar-refractivity contribution is 6.00. The van der Waals surface area contributed by atoms with E-state index in [2.05, 4.69) is 0 Å². The molecule has 1 saturated heterocycles. The molecule has 108 valence electrons. The van der Waals surface area contributed by atoms with Crippen LogP contribution in [-0.2, 0) is 9.59 Å². The number of carbonyl (C=O) groups is 2. The first-order chi connectivity index (χ1) is 9.40. The fourth-order valence-corrected chi connectivity index (χ4v) is 2.39. The van der Waals surface area contributed by atoms with Crippen molar-refractivity contribution in [2.75, 3.05) is 18.5 Å². The van der Waals surface area contributed by atoms with E-state index in [0.717, 1.165) is 11.3 Å². The average Bonchev–Trinajstić information content (AvgIpc) is 2.80. The summed E-state index contributed by atoms with van der Waals surface area (Å²) in [6.07, 6.45) is 0.309. The average molecular weight is 274 g/mol. The highest BCUT2D eigenvalue weighted by Gasteiger charge is 2.36. The summed E-state index contributed by atoms with van der Waals surface area (Å²) in [5, 5.41) is 0. The molecule has 2 amide bonds. The smallest absolute Gasteiger partial charge is 0.227 e. The number of anilines is 1. The predicted molar refractivity (Wildman–Crippen MR) is 79.5 cm³/mol. The molecule has 0 unspecified atom stereocenters. The maximum Gasteiger partial charge on any atom is 0.227 e. The van der Waals surface area contributed by atoms with E-state index in [0.29, 0.717) is 13.0 Å². The second-order valence-corrected chi connectivity index (χ2v) is 5.78. The number of amides is 2. The molecule has 0 aromatic heterocycles. The second-order valence-electron chi connectivity index (χ2n) is 5.78. The molecule has 1 aliphatic rings. The molecule has 0 N–H and O–H groups in total. The normalized spacial score (nSPS) is 18.8. The van der Waals surface area contributed by atoms with Crippen LogP contribution in [0, 0.1) is 12.8 Å². The minimum atomic E-state index is -0.226. The van der Waals surface area contributed by atoms with Gasteiger partial charge in [-0.15, -0.1) is 0 Å². The molecular formula is C16H22N2O2. The predicted octanol–water partition coefficient (Wildman–Crippen LogP) is 2.21. The lowest BCUT2D eigenvalue weighted by Gasteiger charge is -2.24. The molecule has 0 aliphatic carbocycles. The maximum absolute atomic E-state index is 12.3. The first-order valence-corrected chi connectivity index (χ1v) is 7.04. The van der Waals surface area contributed by atoms with Crippen molar-refractivity contribution in [3.63, 3.8) is 0 Å². The van der Waals surface area contributed by atoms with E-state index in [-0.39, 0.29) is 23.8 Å². The standard InChI is InChI=1S/C16H22N2O2/c1-11(2)17(4)16(20)13-9-15(19)18(10-13)14-7-5-12(3)6-8-14/h5-8,11,13H,9-10H2,1-4H3/t13-/m1/s1. The Morgan fingerprint density at radius 2 is 1.90 bits per heavy atom. The van der Waals surface area contributed by atoms with Crippen molar-refractivity contribution in [3.05, 3.63) is 29.8 Å². The van der Waals surface area contributed by atoms with Crippen molar-refractivity contribution in [1.29, 1.82) is 0 Å². The van der Waals surface area contributed by atoms with Gasteiger partial charge >= 0.3 is 0 Å². The molecule has 2 rings (SSSR count). The van der Waals surface area contributed by atoms with Crippen molar-refractivity contribution in [1.82, 2.24) is 4.90 Å². The molecule has 1 fully saturated rings. The van der Waals surface area contributed by atoms with Gasteiger partial charge in [0.1, 0.15) is 0 Å². The van der Waals surface area contributed by atoms with Crippen molar-refractivity contribution < 1.29 is 9.59 Å². The number of benzene rings is 1. The van der Waals surface area contributed by atoms with Crippen LogP contribution < -0.4 is 4.90 Å². The zero-order chi connectivity index (χ0) is 14.9. The molecule has 0 radical (unpaired) electrons. The van der Waals surface area contributed by atoms with E-state index in [4.69, 9.17) is 0 Å². The minimum absolute atomic E-state index is 0.0318. The summed E-state index contributed by atoms with van der Waals surface area (Å²) in [7, 11) is 1.80. The Kier molecular flexibility index (Phi) is 4.12. The number of hydrogen-bond acceptors (Lipinski definition) is 2. The Balaban J connectivity index is 2.11. The van der Waals surface area contributed by atoms with Gasteiger partial charge in [0, 0.05) is 31.7 Å². The molecular weight excluding hydrogens is 252 g/mol. The van der Waals surface area contributed by atoms with Crippen LogP contribution in [0.15, 0.2) is 24.3 Å². The van der Waals surface area contributed by atoms with E-state index >= 15 is 0 Å². The lowest BCUT2D eigenvalue weighted by molar-refractivity contribution is -0.135.